The summed E-state index contributed by atoms with van der Waals surface area (Å²) in [5.41, 5.74) is 0.698. The number of anilines is 1. The lowest BCUT2D eigenvalue weighted by Gasteiger charge is -2.14. The predicted molar refractivity (Wildman–Crippen MR) is 110 cm³/mol. The molecule has 148 valence electrons. The Labute approximate surface area is 168 Å². The second-order valence-electron chi connectivity index (χ2n) is 5.91. The van der Waals surface area contributed by atoms with Gasteiger partial charge in [0.2, 0.25) is 0 Å². The van der Waals surface area contributed by atoms with Crippen molar-refractivity contribution in [3.8, 4) is 11.5 Å². The predicted octanol–water partition coefficient (Wildman–Crippen LogP) is 3.91. The molecule has 0 bridgehead atoms. The van der Waals surface area contributed by atoms with Crippen molar-refractivity contribution in [3.63, 3.8) is 0 Å². The highest BCUT2D eigenvalue weighted by atomic mass is 32.1. The number of hydrogen-bond donors (Lipinski definition) is 2. The molecular formula is C19H21N3O5S. The van der Waals surface area contributed by atoms with Crippen LogP contribution in [0, 0.1) is 10.1 Å². The van der Waals surface area contributed by atoms with E-state index in [1.807, 2.05) is 13.8 Å². The number of methoxy groups -OCH3 is 1. The first-order valence-electron chi connectivity index (χ1n) is 8.55. The smallest absolute Gasteiger partial charge is 0.273 e. The standard InChI is InChI=1S/C19H21N3O5S/c1-4-12(2)27-15-8-5-13(6-9-15)18(23)21-19(28)20-16-10-7-14(22(24)25)11-17(16)26-3/h5-12H,4H2,1-3H3,(H2,20,21,23,28). The van der Waals surface area contributed by atoms with E-state index in [1.165, 1.54) is 25.3 Å². The van der Waals surface area contributed by atoms with Crippen molar-refractivity contribution in [2.24, 2.45) is 0 Å². The topological polar surface area (TPSA) is 103 Å². The molecule has 0 radical (unpaired) electrons. The van der Waals surface area contributed by atoms with Crippen molar-refractivity contribution in [2.45, 2.75) is 26.4 Å². The SMILES string of the molecule is CCC(C)Oc1ccc(C(=O)NC(=S)Nc2ccc([N+](=O)[O-])cc2OC)cc1. The number of nitrogens with zero attached hydrogens (tertiary/aromatic N) is 1. The molecule has 0 heterocycles. The van der Waals surface area contributed by atoms with E-state index in [-0.39, 0.29) is 22.7 Å². The Morgan fingerprint density at radius 3 is 2.50 bits per heavy atom. The van der Waals surface area contributed by atoms with Crippen LogP contribution >= 0.6 is 12.2 Å². The number of nitro benzene ring substituents is 1. The summed E-state index contributed by atoms with van der Waals surface area (Å²) in [5.74, 6) is 0.521. The molecule has 0 spiro atoms. The number of hydrogen-bond acceptors (Lipinski definition) is 6. The zero-order valence-corrected chi connectivity index (χ0v) is 16.5. The Kier molecular flexibility index (Phi) is 7.28. The summed E-state index contributed by atoms with van der Waals surface area (Å²) in [6.07, 6.45) is 0.974. The highest BCUT2D eigenvalue weighted by molar-refractivity contribution is 7.80. The van der Waals surface area contributed by atoms with E-state index in [2.05, 4.69) is 10.6 Å². The molecule has 0 aliphatic carbocycles. The number of rotatable bonds is 7. The first-order chi connectivity index (χ1) is 13.3. The van der Waals surface area contributed by atoms with Crippen LogP contribution in [-0.4, -0.2) is 29.2 Å². The average molecular weight is 403 g/mol. The van der Waals surface area contributed by atoms with Gasteiger partial charge in [0.05, 0.1) is 29.9 Å². The molecule has 1 unspecified atom stereocenters. The molecule has 0 fully saturated rings. The first kappa shape index (κ1) is 21.1. The van der Waals surface area contributed by atoms with Crippen LogP contribution in [0.3, 0.4) is 0 Å². The van der Waals surface area contributed by atoms with E-state index in [4.69, 9.17) is 21.7 Å². The van der Waals surface area contributed by atoms with Gasteiger partial charge in [-0.2, -0.15) is 0 Å². The van der Waals surface area contributed by atoms with Gasteiger partial charge in [0.15, 0.2) is 5.11 Å². The van der Waals surface area contributed by atoms with Crippen LogP contribution in [0.5, 0.6) is 11.5 Å². The molecule has 8 nitrogen and oxygen atoms in total. The van der Waals surface area contributed by atoms with Crippen molar-refractivity contribution in [2.75, 3.05) is 12.4 Å². The largest absolute Gasteiger partial charge is 0.494 e. The summed E-state index contributed by atoms with van der Waals surface area (Å²) >= 11 is 5.15. The Bertz CT molecular complexity index is 870. The zero-order valence-electron chi connectivity index (χ0n) is 15.7. The summed E-state index contributed by atoms with van der Waals surface area (Å²) < 4.78 is 10.8. The van der Waals surface area contributed by atoms with Crippen LogP contribution in [0.25, 0.3) is 0 Å². The minimum Gasteiger partial charge on any atom is -0.494 e. The summed E-state index contributed by atoms with van der Waals surface area (Å²) in [7, 11) is 1.38. The molecule has 0 saturated heterocycles. The van der Waals surface area contributed by atoms with Crippen LogP contribution in [0.4, 0.5) is 11.4 Å². The lowest BCUT2D eigenvalue weighted by Crippen LogP contribution is -2.34. The molecule has 2 rings (SSSR count). The number of nitrogens with one attached hydrogen (secondary N) is 2. The number of ether oxygens (including phenoxy) is 2. The third-order valence-electron chi connectivity index (χ3n) is 3.90. The monoisotopic (exact) mass is 403 g/mol. The zero-order chi connectivity index (χ0) is 20.7. The van der Waals surface area contributed by atoms with Crippen molar-refractivity contribution in [1.29, 1.82) is 0 Å². The molecule has 9 heteroatoms. The minimum absolute atomic E-state index is 0.0390. The Morgan fingerprint density at radius 1 is 1.25 bits per heavy atom. The van der Waals surface area contributed by atoms with Gasteiger partial charge in [-0.05, 0) is 55.9 Å². The maximum Gasteiger partial charge on any atom is 0.273 e. The Balaban J connectivity index is 2.01. The van der Waals surface area contributed by atoms with E-state index >= 15 is 0 Å². The van der Waals surface area contributed by atoms with E-state index in [0.29, 0.717) is 17.0 Å². The summed E-state index contributed by atoms with van der Waals surface area (Å²) in [4.78, 5) is 22.6. The third kappa shape index (κ3) is 5.65. The Hall–Kier alpha value is -3.20. The van der Waals surface area contributed by atoms with Crippen LogP contribution in [0.1, 0.15) is 30.6 Å². The first-order valence-corrected chi connectivity index (χ1v) is 8.96. The number of thiocarbonyl (C=S) groups is 1. The number of non-ortho nitro benzene ring substituents is 1. The highest BCUT2D eigenvalue weighted by Crippen LogP contribution is 2.28. The quantitative estimate of drug-likeness (QED) is 0.410. The lowest BCUT2D eigenvalue weighted by molar-refractivity contribution is -0.384. The fourth-order valence-electron chi connectivity index (χ4n) is 2.23. The van der Waals surface area contributed by atoms with Crippen molar-refractivity contribution < 1.29 is 19.2 Å². The van der Waals surface area contributed by atoms with Gasteiger partial charge in [-0.3, -0.25) is 20.2 Å². The van der Waals surface area contributed by atoms with Crippen molar-refractivity contribution >= 4 is 34.6 Å². The fraction of sp³-hybridized carbons (Fsp3) is 0.263. The Morgan fingerprint density at radius 2 is 1.93 bits per heavy atom. The summed E-state index contributed by atoms with van der Waals surface area (Å²) in [6, 6.07) is 10.8. The van der Waals surface area contributed by atoms with E-state index in [0.717, 1.165) is 6.42 Å². The third-order valence-corrected chi connectivity index (χ3v) is 4.10. The number of nitro groups is 1. The van der Waals surface area contributed by atoms with E-state index in [9.17, 15) is 14.9 Å². The summed E-state index contributed by atoms with van der Waals surface area (Å²) in [6.45, 7) is 4.00. The van der Waals surface area contributed by atoms with Crippen LogP contribution in [0.2, 0.25) is 0 Å². The maximum absolute atomic E-state index is 12.3. The molecule has 0 aliphatic heterocycles. The molecule has 1 atom stereocenters. The summed E-state index contributed by atoms with van der Waals surface area (Å²) in [5, 5.41) is 16.2. The van der Waals surface area contributed by atoms with Crippen molar-refractivity contribution in [3.05, 3.63) is 58.1 Å². The lowest BCUT2D eigenvalue weighted by atomic mass is 10.2. The minimum atomic E-state index is -0.527. The van der Waals surface area contributed by atoms with Gasteiger partial charge in [-0.15, -0.1) is 0 Å². The number of carbonyl (C=O) groups excluding carboxylic acids is 1. The number of carbonyl (C=O) groups is 1. The molecule has 1 amide bonds. The average Bonchev–Trinajstić information content (AvgIpc) is 2.68. The number of benzene rings is 2. The molecule has 0 saturated carbocycles. The molecular weight excluding hydrogens is 382 g/mol. The van der Waals surface area contributed by atoms with E-state index < -0.39 is 10.8 Å². The van der Waals surface area contributed by atoms with Crippen LogP contribution in [0.15, 0.2) is 42.5 Å². The van der Waals surface area contributed by atoms with Crippen LogP contribution in [-0.2, 0) is 0 Å². The highest BCUT2D eigenvalue weighted by Gasteiger charge is 2.14. The normalized spacial score (nSPS) is 11.2. The van der Waals surface area contributed by atoms with Gasteiger partial charge in [0.1, 0.15) is 11.5 Å². The van der Waals surface area contributed by atoms with Gasteiger partial charge in [0, 0.05) is 11.6 Å². The van der Waals surface area contributed by atoms with Gasteiger partial charge >= 0.3 is 0 Å². The van der Waals surface area contributed by atoms with Gasteiger partial charge < -0.3 is 14.8 Å². The van der Waals surface area contributed by atoms with E-state index in [1.54, 1.807) is 24.3 Å². The van der Waals surface area contributed by atoms with Gasteiger partial charge in [0.25, 0.3) is 11.6 Å². The molecule has 0 aromatic heterocycles. The second-order valence-corrected chi connectivity index (χ2v) is 6.32. The molecule has 0 aliphatic rings. The molecule has 28 heavy (non-hydrogen) atoms. The molecule has 2 aromatic rings. The maximum atomic E-state index is 12.3. The molecule has 2 N–H and O–H groups in total. The van der Waals surface area contributed by atoms with Crippen LogP contribution < -0.4 is 20.1 Å². The number of amides is 1. The second kappa shape index (κ2) is 9.65. The fourth-order valence-corrected chi connectivity index (χ4v) is 2.43. The molecule has 2 aromatic carbocycles. The van der Waals surface area contributed by atoms with Gasteiger partial charge in [-0.25, -0.2) is 0 Å². The van der Waals surface area contributed by atoms with Crippen molar-refractivity contribution in [1.82, 2.24) is 5.32 Å². The van der Waals surface area contributed by atoms with Gasteiger partial charge in [-0.1, -0.05) is 6.92 Å².